The fourth-order valence-electron chi connectivity index (χ4n) is 4.50. The van der Waals surface area contributed by atoms with E-state index in [1.165, 1.54) is 10.6 Å². The number of nitro benzene ring substituents is 1. The summed E-state index contributed by atoms with van der Waals surface area (Å²) in [7, 11) is 3.86. The highest BCUT2D eigenvalue weighted by molar-refractivity contribution is 7.99. The standard InChI is InChI=1S/C29H26N6O5S2/c1-5-40-27(37)24-17(2)32-29-34(25(24)19-8-10-20(11-9-19)33(3)4)26(36)23(42-29)16-18-7-12-22(21(15-18)35(38)39)41-28-30-13-6-14-31-28/h6-16,25H,5H2,1-4H3/b23-16+/t25-/m0/s1. The van der Waals surface area contributed by atoms with Crippen molar-refractivity contribution in [3.8, 4) is 0 Å². The molecule has 42 heavy (non-hydrogen) atoms. The molecule has 1 aliphatic rings. The fraction of sp³-hybridized carbons (Fsp3) is 0.207. The first-order valence-corrected chi connectivity index (χ1v) is 14.5. The number of ether oxygens (including phenoxy) is 1. The Morgan fingerprint density at radius 1 is 1.19 bits per heavy atom. The highest BCUT2D eigenvalue weighted by atomic mass is 32.2. The van der Waals surface area contributed by atoms with Crippen molar-refractivity contribution >= 4 is 46.5 Å². The number of fused-ring (bicyclic) bond motifs is 1. The van der Waals surface area contributed by atoms with Crippen LogP contribution in [0.15, 0.2) is 92.0 Å². The number of carbonyl (C=O) groups is 1. The van der Waals surface area contributed by atoms with Gasteiger partial charge in [0.1, 0.15) is 0 Å². The van der Waals surface area contributed by atoms with Gasteiger partial charge < -0.3 is 9.64 Å². The van der Waals surface area contributed by atoms with Gasteiger partial charge in [-0.1, -0.05) is 29.5 Å². The van der Waals surface area contributed by atoms with Crippen molar-refractivity contribution in [3.63, 3.8) is 0 Å². The molecule has 11 nitrogen and oxygen atoms in total. The highest BCUT2D eigenvalue weighted by Crippen LogP contribution is 2.34. The first kappa shape index (κ1) is 28.9. The molecule has 0 N–H and O–H groups in total. The summed E-state index contributed by atoms with van der Waals surface area (Å²) in [4.78, 5) is 54.0. The summed E-state index contributed by atoms with van der Waals surface area (Å²) in [5, 5.41) is 12.3. The Morgan fingerprint density at radius 2 is 1.90 bits per heavy atom. The maximum atomic E-state index is 13.9. The molecule has 0 saturated carbocycles. The van der Waals surface area contributed by atoms with Gasteiger partial charge in [0.05, 0.1) is 38.3 Å². The fourth-order valence-corrected chi connectivity index (χ4v) is 6.35. The van der Waals surface area contributed by atoms with E-state index >= 15 is 0 Å². The van der Waals surface area contributed by atoms with Gasteiger partial charge in [0.2, 0.25) is 0 Å². The van der Waals surface area contributed by atoms with Crippen molar-refractivity contribution in [1.82, 2.24) is 14.5 Å². The van der Waals surface area contributed by atoms with Gasteiger partial charge in [0, 0.05) is 38.2 Å². The molecule has 1 aliphatic heterocycles. The Kier molecular flexibility index (Phi) is 8.31. The monoisotopic (exact) mass is 602 g/mol. The molecule has 13 heteroatoms. The van der Waals surface area contributed by atoms with E-state index in [0.29, 0.717) is 30.6 Å². The first-order chi connectivity index (χ1) is 20.2. The number of hydrogen-bond donors (Lipinski definition) is 0. The van der Waals surface area contributed by atoms with Crippen LogP contribution in [0.3, 0.4) is 0 Å². The molecule has 0 amide bonds. The van der Waals surface area contributed by atoms with E-state index in [0.717, 1.165) is 34.3 Å². The van der Waals surface area contributed by atoms with Crippen LogP contribution >= 0.6 is 23.1 Å². The van der Waals surface area contributed by atoms with E-state index in [2.05, 4.69) is 15.0 Å². The summed E-state index contributed by atoms with van der Waals surface area (Å²) < 4.78 is 7.17. The Hall–Kier alpha value is -4.62. The summed E-state index contributed by atoms with van der Waals surface area (Å²) in [6, 6.07) is 13.2. The normalized spacial score (nSPS) is 14.8. The molecule has 2 aromatic carbocycles. The highest BCUT2D eigenvalue weighted by Gasteiger charge is 2.33. The van der Waals surface area contributed by atoms with E-state index in [1.807, 2.05) is 43.3 Å². The van der Waals surface area contributed by atoms with Gasteiger partial charge in [-0.25, -0.2) is 19.8 Å². The number of anilines is 1. The Labute approximate surface area is 248 Å². The molecule has 0 bridgehead atoms. The van der Waals surface area contributed by atoms with Crippen molar-refractivity contribution in [2.75, 3.05) is 25.6 Å². The maximum absolute atomic E-state index is 13.9. The quantitative estimate of drug-likeness (QED) is 0.128. The SMILES string of the molecule is CCOC(=O)C1=C(C)N=c2s/c(=C/c3ccc(Sc4ncccn4)c([N+](=O)[O-])c3)c(=O)n2[C@H]1c1ccc(N(C)C)cc1. The second-order valence-corrected chi connectivity index (χ2v) is 11.4. The van der Waals surface area contributed by atoms with E-state index in [9.17, 15) is 19.7 Å². The number of benzene rings is 2. The van der Waals surface area contributed by atoms with Gasteiger partial charge in [0.25, 0.3) is 11.2 Å². The molecule has 0 radical (unpaired) electrons. The van der Waals surface area contributed by atoms with Gasteiger partial charge in [-0.05, 0) is 67.1 Å². The predicted octanol–water partition coefficient (Wildman–Crippen LogP) is 3.71. The lowest BCUT2D eigenvalue weighted by molar-refractivity contribution is -0.387. The van der Waals surface area contributed by atoms with Crippen molar-refractivity contribution < 1.29 is 14.5 Å². The molecule has 4 aromatic rings. The molecule has 0 fully saturated rings. The summed E-state index contributed by atoms with van der Waals surface area (Å²) >= 11 is 2.24. The Morgan fingerprint density at radius 3 is 2.55 bits per heavy atom. The number of aromatic nitrogens is 3. The van der Waals surface area contributed by atoms with Gasteiger partial charge >= 0.3 is 5.97 Å². The minimum atomic E-state index is -0.752. The third-order valence-corrected chi connectivity index (χ3v) is 8.40. The molecule has 0 unspecified atom stereocenters. The number of nitrogens with zero attached hydrogens (tertiary/aromatic N) is 6. The lowest BCUT2D eigenvalue weighted by atomic mass is 9.95. The molecular weight excluding hydrogens is 576 g/mol. The minimum absolute atomic E-state index is 0.131. The summed E-state index contributed by atoms with van der Waals surface area (Å²) in [6.07, 6.45) is 4.72. The second-order valence-electron chi connectivity index (χ2n) is 9.41. The van der Waals surface area contributed by atoms with Crippen molar-refractivity contribution in [1.29, 1.82) is 0 Å². The molecule has 5 rings (SSSR count). The number of hydrogen-bond acceptors (Lipinski definition) is 11. The van der Waals surface area contributed by atoms with Crippen molar-refractivity contribution in [2.24, 2.45) is 4.99 Å². The lowest BCUT2D eigenvalue weighted by Gasteiger charge is -2.25. The van der Waals surface area contributed by atoms with Crippen LogP contribution in [0.5, 0.6) is 0 Å². The zero-order valence-electron chi connectivity index (χ0n) is 23.2. The van der Waals surface area contributed by atoms with Gasteiger partial charge in [-0.15, -0.1) is 0 Å². The van der Waals surface area contributed by atoms with Crippen LogP contribution in [0.25, 0.3) is 6.08 Å². The Balaban J connectivity index is 1.62. The zero-order valence-corrected chi connectivity index (χ0v) is 24.8. The molecule has 2 aromatic heterocycles. The number of rotatable bonds is 8. The molecule has 0 spiro atoms. The minimum Gasteiger partial charge on any atom is -0.463 e. The smallest absolute Gasteiger partial charge is 0.338 e. The molecule has 3 heterocycles. The van der Waals surface area contributed by atoms with Crippen LogP contribution in [0.2, 0.25) is 0 Å². The topological polar surface area (TPSA) is 133 Å². The zero-order chi connectivity index (χ0) is 30.0. The van der Waals surface area contributed by atoms with Crippen molar-refractivity contribution in [3.05, 3.63) is 113 Å². The Bertz CT molecular complexity index is 1880. The third-order valence-electron chi connectivity index (χ3n) is 6.46. The van der Waals surface area contributed by atoms with Gasteiger partial charge in [-0.3, -0.25) is 19.5 Å². The molecule has 1 atom stereocenters. The molecule has 214 valence electrons. The van der Waals surface area contributed by atoms with Gasteiger partial charge in [-0.2, -0.15) is 0 Å². The van der Waals surface area contributed by atoms with Crippen LogP contribution in [0.1, 0.15) is 31.0 Å². The van der Waals surface area contributed by atoms with Crippen LogP contribution in [0.4, 0.5) is 11.4 Å². The van der Waals surface area contributed by atoms with E-state index in [1.54, 1.807) is 50.5 Å². The second kappa shape index (κ2) is 12.1. The number of esters is 1. The average Bonchev–Trinajstić information content (AvgIpc) is 3.27. The molecular formula is C29H26N6O5S2. The maximum Gasteiger partial charge on any atom is 0.338 e. The number of allylic oxidation sites excluding steroid dienone is 1. The van der Waals surface area contributed by atoms with Crippen LogP contribution in [-0.2, 0) is 9.53 Å². The number of thiazole rings is 1. The largest absolute Gasteiger partial charge is 0.463 e. The van der Waals surface area contributed by atoms with E-state index in [4.69, 9.17) is 4.74 Å². The summed E-state index contributed by atoms with van der Waals surface area (Å²) in [6.45, 7) is 3.62. The van der Waals surface area contributed by atoms with Crippen LogP contribution in [-0.4, -0.2) is 46.1 Å². The van der Waals surface area contributed by atoms with Crippen molar-refractivity contribution in [2.45, 2.75) is 29.9 Å². The average molecular weight is 603 g/mol. The molecule has 0 aliphatic carbocycles. The number of nitro groups is 1. The van der Waals surface area contributed by atoms with Gasteiger partial charge in [0.15, 0.2) is 9.96 Å². The number of carbonyl (C=O) groups excluding carboxylic acids is 1. The van der Waals surface area contributed by atoms with E-state index < -0.39 is 16.9 Å². The third kappa shape index (κ3) is 5.74. The van der Waals surface area contributed by atoms with Crippen LogP contribution < -0.4 is 19.8 Å². The summed E-state index contributed by atoms with van der Waals surface area (Å²) in [5.41, 5.74) is 2.41. The van der Waals surface area contributed by atoms with Crippen LogP contribution in [0, 0.1) is 10.1 Å². The summed E-state index contributed by atoms with van der Waals surface area (Å²) in [5.74, 6) is -0.541. The predicted molar refractivity (Wildman–Crippen MR) is 160 cm³/mol. The molecule has 0 saturated heterocycles. The van der Waals surface area contributed by atoms with E-state index in [-0.39, 0.29) is 23.4 Å². The first-order valence-electron chi connectivity index (χ1n) is 12.9. The lowest BCUT2D eigenvalue weighted by Crippen LogP contribution is -2.39.